The van der Waals surface area contributed by atoms with Crippen LogP contribution in [-0.4, -0.2) is 26.1 Å². The van der Waals surface area contributed by atoms with Crippen LogP contribution in [-0.2, 0) is 13.0 Å². The van der Waals surface area contributed by atoms with Crippen molar-refractivity contribution in [2.45, 2.75) is 33.2 Å². The summed E-state index contributed by atoms with van der Waals surface area (Å²) >= 11 is 0. The van der Waals surface area contributed by atoms with Crippen LogP contribution in [0.3, 0.4) is 0 Å². The SMILES string of the molecule is CCCc1nc(C(=O)NCc2ncccc2C)n[nH]1. The van der Waals surface area contributed by atoms with Crippen LogP contribution in [0.2, 0.25) is 0 Å². The molecule has 19 heavy (non-hydrogen) atoms. The first-order valence-electron chi connectivity index (χ1n) is 6.30. The van der Waals surface area contributed by atoms with Gasteiger partial charge in [-0.3, -0.25) is 14.9 Å². The number of pyridine rings is 1. The van der Waals surface area contributed by atoms with Crippen molar-refractivity contribution in [1.82, 2.24) is 25.5 Å². The molecule has 0 aliphatic rings. The number of hydrogen-bond donors (Lipinski definition) is 2. The Morgan fingerprint density at radius 3 is 3.05 bits per heavy atom. The third-order valence-electron chi connectivity index (χ3n) is 2.76. The molecule has 2 rings (SSSR count). The van der Waals surface area contributed by atoms with Gasteiger partial charge in [-0.15, -0.1) is 5.10 Å². The third kappa shape index (κ3) is 3.37. The molecule has 2 aromatic heterocycles. The molecule has 2 heterocycles. The number of aromatic amines is 1. The Kier molecular flexibility index (Phi) is 4.22. The molecule has 100 valence electrons. The number of carbonyl (C=O) groups is 1. The first-order chi connectivity index (χ1) is 9.20. The van der Waals surface area contributed by atoms with Crippen molar-refractivity contribution in [3.8, 4) is 0 Å². The molecule has 0 atom stereocenters. The second kappa shape index (κ2) is 6.08. The quantitative estimate of drug-likeness (QED) is 0.850. The lowest BCUT2D eigenvalue weighted by atomic mass is 10.2. The highest BCUT2D eigenvalue weighted by atomic mass is 16.2. The number of amides is 1. The van der Waals surface area contributed by atoms with Crippen LogP contribution >= 0.6 is 0 Å². The van der Waals surface area contributed by atoms with Crippen LogP contribution < -0.4 is 5.32 Å². The molecule has 2 N–H and O–H groups in total. The van der Waals surface area contributed by atoms with E-state index in [0.29, 0.717) is 6.54 Å². The van der Waals surface area contributed by atoms with Gasteiger partial charge in [-0.1, -0.05) is 13.0 Å². The minimum atomic E-state index is -0.288. The van der Waals surface area contributed by atoms with Crippen LogP contribution in [0.1, 0.15) is 41.0 Å². The second-order valence-electron chi connectivity index (χ2n) is 4.31. The fourth-order valence-electron chi connectivity index (χ4n) is 1.69. The lowest BCUT2D eigenvalue weighted by molar-refractivity contribution is 0.0940. The Morgan fingerprint density at radius 2 is 2.32 bits per heavy atom. The van der Waals surface area contributed by atoms with Gasteiger partial charge in [-0.25, -0.2) is 4.98 Å². The fraction of sp³-hybridized carbons (Fsp3) is 0.385. The largest absolute Gasteiger partial charge is 0.344 e. The topological polar surface area (TPSA) is 83.6 Å². The van der Waals surface area contributed by atoms with Gasteiger partial charge >= 0.3 is 0 Å². The molecule has 0 bridgehead atoms. The molecule has 6 heteroatoms. The zero-order valence-electron chi connectivity index (χ0n) is 11.1. The average molecular weight is 259 g/mol. The molecule has 6 nitrogen and oxygen atoms in total. The summed E-state index contributed by atoms with van der Waals surface area (Å²) in [6, 6.07) is 3.83. The van der Waals surface area contributed by atoms with E-state index in [0.717, 1.165) is 29.9 Å². The first kappa shape index (κ1) is 13.2. The van der Waals surface area contributed by atoms with Crippen molar-refractivity contribution in [2.24, 2.45) is 0 Å². The Bertz CT molecular complexity index is 564. The van der Waals surface area contributed by atoms with Crippen molar-refractivity contribution >= 4 is 5.91 Å². The molecule has 0 fully saturated rings. The Hall–Kier alpha value is -2.24. The normalized spacial score (nSPS) is 10.4. The third-order valence-corrected chi connectivity index (χ3v) is 2.76. The number of rotatable bonds is 5. The lowest BCUT2D eigenvalue weighted by Gasteiger charge is -2.04. The van der Waals surface area contributed by atoms with E-state index in [-0.39, 0.29) is 11.7 Å². The summed E-state index contributed by atoms with van der Waals surface area (Å²) in [7, 11) is 0. The number of aryl methyl sites for hydroxylation is 2. The summed E-state index contributed by atoms with van der Waals surface area (Å²) in [5, 5.41) is 9.43. The van der Waals surface area contributed by atoms with E-state index in [1.807, 2.05) is 26.0 Å². The van der Waals surface area contributed by atoms with Crippen molar-refractivity contribution in [2.75, 3.05) is 0 Å². The molecule has 0 unspecified atom stereocenters. The summed E-state index contributed by atoms with van der Waals surface area (Å²) in [6.45, 7) is 4.38. The maximum absolute atomic E-state index is 11.9. The summed E-state index contributed by atoms with van der Waals surface area (Å²) in [5.41, 5.74) is 1.89. The van der Waals surface area contributed by atoms with E-state index < -0.39 is 0 Å². The number of carbonyl (C=O) groups excluding carboxylic acids is 1. The highest BCUT2D eigenvalue weighted by Gasteiger charge is 2.12. The number of H-pyrrole nitrogens is 1. The van der Waals surface area contributed by atoms with Gasteiger partial charge in [0.1, 0.15) is 5.82 Å². The van der Waals surface area contributed by atoms with Crippen LogP contribution in [0.15, 0.2) is 18.3 Å². The van der Waals surface area contributed by atoms with E-state index in [1.54, 1.807) is 6.20 Å². The second-order valence-corrected chi connectivity index (χ2v) is 4.31. The molecular formula is C13H17N5O. The molecule has 0 aliphatic heterocycles. The summed E-state index contributed by atoms with van der Waals surface area (Å²) < 4.78 is 0. The average Bonchev–Trinajstić information content (AvgIpc) is 2.87. The molecule has 0 aliphatic carbocycles. The highest BCUT2D eigenvalue weighted by Crippen LogP contribution is 2.03. The predicted molar refractivity (Wildman–Crippen MR) is 70.5 cm³/mol. The van der Waals surface area contributed by atoms with Gasteiger partial charge in [0.25, 0.3) is 5.91 Å². The predicted octanol–water partition coefficient (Wildman–Crippen LogP) is 1.39. The Balaban J connectivity index is 1.95. The monoisotopic (exact) mass is 259 g/mol. The molecule has 0 aromatic carbocycles. The maximum atomic E-state index is 11.9. The molecule has 0 spiro atoms. The first-order valence-corrected chi connectivity index (χ1v) is 6.30. The molecular weight excluding hydrogens is 242 g/mol. The lowest BCUT2D eigenvalue weighted by Crippen LogP contribution is -2.25. The van der Waals surface area contributed by atoms with Gasteiger partial charge < -0.3 is 5.32 Å². The van der Waals surface area contributed by atoms with E-state index in [4.69, 9.17) is 0 Å². The number of hydrogen-bond acceptors (Lipinski definition) is 4. The van der Waals surface area contributed by atoms with Gasteiger partial charge in [0.15, 0.2) is 0 Å². The van der Waals surface area contributed by atoms with Gasteiger partial charge in [-0.2, -0.15) is 0 Å². The van der Waals surface area contributed by atoms with E-state index in [2.05, 4.69) is 25.5 Å². The minimum Gasteiger partial charge on any atom is -0.344 e. The molecule has 0 saturated heterocycles. The van der Waals surface area contributed by atoms with E-state index in [1.165, 1.54) is 0 Å². The number of aromatic nitrogens is 4. The molecule has 1 amide bonds. The van der Waals surface area contributed by atoms with Crippen LogP contribution in [0, 0.1) is 6.92 Å². The van der Waals surface area contributed by atoms with Gasteiger partial charge in [0, 0.05) is 12.6 Å². The standard InChI is InChI=1S/C13H17N5O/c1-3-5-11-16-12(18-17-11)13(19)15-8-10-9(2)6-4-7-14-10/h4,6-7H,3,5,8H2,1-2H3,(H,15,19)(H,16,17,18). The van der Waals surface area contributed by atoms with Crippen molar-refractivity contribution in [3.63, 3.8) is 0 Å². The number of nitrogens with zero attached hydrogens (tertiary/aromatic N) is 3. The minimum absolute atomic E-state index is 0.178. The fourth-order valence-corrected chi connectivity index (χ4v) is 1.69. The van der Waals surface area contributed by atoms with Crippen molar-refractivity contribution in [1.29, 1.82) is 0 Å². The van der Waals surface area contributed by atoms with E-state index >= 15 is 0 Å². The molecule has 2 aromatic rings. The van der Waals surface area contributed by atoms with Crippen LogP contribution in [0.5, 0.6) is 0 Å². The molecule has 0 radical (unpaired) electrons. The summed E-state index contributed by atoms with van der Waals surface area (Å²) in [6.07, 6.45) is 3.46. The van der Waals surface area contributed by atoms with E-state index in [9.17, 15) is 4.79 Å². The summed E-state index contributed by atoms with van der Waals surface area (Å²) in [5.74, 6) is 0.627. The highest BCUT2D eigenvalue weighted by molar-refractivity contribution is 5.90. The van der Waals surface area contributed by atoms with Crippen LogP contribution in [0.4, 0.5) is 0 Å². The number of nitrogens with one attached hydrogen (secondary N) is 2. The zero-order chi connectivity index (χ0) is 13.7. The van der Waals surface area contributed by atoms with Crippen molar-refractivity contribution < 1.29 is 4.79 Å². The summed E-state index contributed by atoms with van der Waals surface area (Å²) in [4.78, 5) is 20.2. The maximum Gasteiger partial charge on any atom is 0.291 e. The van der Waals surface area contributed by atoms with Gasteiger partial charge in [-0.05, 0) is 25.0 Å². The Labute approximate surface area is 111 Å². The van der Waals surface area contributed by atoms with Gasteiger partial charge in [0.05, 0.1) is 12.2 Å². The Morgan fingerprint density at radius 1 is 1.47 bits per heavy atom. The van der Waals surface area contributed by atoms with Gasteiger partial charge in [0.2, 0.25) is 5.82 Å². The van der Waals surface area contributed by atoms with Crippen LogP contribution in [0.25, 0.3) is 0 Å². The van der Waals surface area contributed by atoms with Crippen molar-refractivity contribution in [3.05, 3.63) is 41.2 Å². The zero-order valence-corrected chi connectivity index (χ0v) is 11.1. The molecule has 0 saturated carbocycles. The smallest absolute Gasteiger partial charge is 0.291 e.